The van der Waals surface area contributed by atoms with Gasteiger partial charge in [-0.3, -0.25) is 0 Å². The van der Waals surface area contributed by atoms with Gasteiger partial charge in [0, 0.05) is 19.1 Å². The standard InChI is InChI=1S/C17H30N2O/c1-14(2)11-15(3)19(4)9-6-10-20-17-8-5-7-16(12-17)13-18/h5,7-8,12,14-15H,6,9-11,13,18H2,1-4H3. The largest absolute Gasteiger partial charge is 0.494 e. The summed E-state index contributed by atoms with van der Waals surface area (Å²) in [7, 11) is 2.20. The second-order valence-electron chi connectivity index (χ2n) is 6.01. The van der Waals surface area contributed by atoms with Crippen LogP contribution in [-0.4, -0.2) is 31.1 Å². The molecule has 0 saturated heterocycles. The van der Waals surface area contributed by atoms with Gasteiger partial charge in [-0.05, 0) is 50.4 Å². The van der Waals surface area contributed by atoms with E-state index in [4.69, 9.17) is 10.5 Å². The molecule has 0 saturated carbocycles. The van der Waals surface area contributed by atoms with Gasteiger partial charge in [-0.2, -0.15) is 0 Å². The Labute approximate surface area is 124 Å². The minimum atomic E-state index is 0.562. The average Bonchev–Trinajstić information content (AvgIpc) is 2.42. The van der Waals surface area contributed by atoms with Crippen LogP contribution >= 0.6 is 0 Å². The molecule has 114 valence electrons. The van der Waals surface area contributed by atoms with Gasteiger partial charge in [-0.25, -0.2) is 0 Å². The van der Waals surface area contributed by atoms with Crippen molar-refractivity contribution in [2.45, 2.75) is 46.2 Å². The van der Waals surface area contributed by atoms with Crippen LogP contribution in [0.2, 0.25) is 0 Å². The van der Waals surface area contributed by atoms with E-state index < -0.39 is 0 Å². The molecule has 1 aromatic carbocycles. The van der Waals surface area contributed by atoms with E-state index in [2.05, 4.69) is 32.7 Å². The topological polar surface area (TPSA) is 38.5 Å². The first-order valence-electron chi connectivity index (χ1n) is 7.65. The first kappa shape index (κ1) is 17.0. The number of hydrogen-bond acceptors (Lipinski definition) is 3. The smallest absolute Gasteiger partial charge is 0.119 e. The number of nitrogens with two attached hydrogens (primary N) is 1. The van der Waals surface area contributed by atoms with E-state index in [0.29, 0.717) is 12.6 Å². The molecule has 1 atom stereocenters. The number of benzene rings is 1. The van der Waals surface area contributed by atoms with E-state index in [0.717, 1.165) is 36.8 Å². The third-order valence-corrected chi connectivity index (χ3v) is 3.62. The Hall–Kier alpha value is -1.06. The van der Waals surface area contributed by atoms with Crippen molar-refractivity contribution in [1.82, 2.24) is 4.90 Å². The van der Waals surface area contributed by atoms with Gasteiger partial charge in [0.05, 0.1) is 6.61 Å². The van der Waals surface area contributed by atoms with Crippen molar-refractivity contribution in [3.63, 3.8) is 0 Å². The molecule has 0 fully saturated rings. The highest BCUT2D eigenvalue weighted by Crippen LogP contribution is 2.13. The van der Waals surface area contributed by atoms with Gasteiger partial charge in [0.2, 0.25) is 0 Å². The second kappa shape index (κ2) is 8.98. The van der Waals surface area contributed by atoms with Gasteiger partial charge in [0.1, 0.15) is 5.75 Å². The maximum absolute atomic E-state index is 5.78. The van der Waals surface area contributed by atoms with E-state index >= 15 is 0 Å². The lowest BCUT2D eigenvalue weighted by atomic mass is 10.0. The maximum atomic E-state index is 5.78. The Morgan fingerprint density at radius 3 is 2.65 bits per heavy atom. The Morgan fingerprint density at radius 1 is 1.25 bits per heavy atom. The molecule has 0 aliphatic heterocycles. The van der Waals surface area contributed by atoms with E-state index in [1.54, 1.807) is 0 Å². The van der Waals surface area contributed by atoms with Crippen LogP contribution in [-0.2, 0) is 6.54 Å². The van der Waals surface area contributed by atoms with E-state index in [9.17, 15) is 0 Å². The van der Waals surface area contributed by atoms with Crippen LogP contribution in [0.4, 0.5) is 0 Å². The highest BCUT2D eigenvalue weighted by Gasteiger charge is 2.10. The summed E-state index contributed by atoms with van der Waals surface area (Å²) < 4.78 is 5.78. The molecule has 3 nitrogen and oxygen atoms in total. The fraction of sp³-hybridized carbons (Fsp3) is 0.647. The molecule has 1 aromatic rings. The Balaban J connectivity index is 2.24. The van der Waals surface area contributed by atoms with Crippen LogP contribution in [0.25, 0.3) is 0 Å². The average molecular weight is 278 g/mol. The molecule has 0 spiro atoms. The third kappa shape index (κ3) is 6.40. The van der Waals surface area contributed by atoms with E-state index in [-0.39, 0.29) is 0 Å². The predicted molar refractivity (Wildman–Crippen MR) is 86.0 cm³/mol. The van der Waals surface area contributed by atoms with Crippen LogP contribution in [0, 0.1) is 5.92 Å². The fourth-order valence-corrected chi connectivity index (χ4v) is 2.35. The number of nitrogens with zero attached hydrogens (tertiary/aromatic N) is 1. The SMILES string of the molecule is CC(C)CC(C)N(C)CCCOc1cccc(CN)c1. The summed E-state index contributed by atoms with van der Waals surface area (Å²) in [5.74, 6) is 1.67. The monoisotopic (exact) mass is 278 g/mol. The molecule has 1 rings (SSSR count). The normalized spacial score (nSPS) is 12.9. The van der Waals surface area contributed by atoms with Crippen LogP contribution in [0.1, 0.15) is 39.2 Å². The van der Waals surface area contributed by atoms with E-state index in [1.165, 1.54) is 6.42 Å². The van der Waals surface area contributed by atoms with Crippen molar-refractivity contribution in [1.29, 1.82) is 0 Å². The molecule has 20 heavy (non-hydrogen) atoms. The van der Waals surface area contributed by atoms with Crippen molar-refractivity contribution in [3.8, 4) is 5.75 Å². The summed E-state index contributed by atoms with van der Waals surface area (Å²) in [5.41, 5.74) is 6.74. The molecule has 0 aromatic heterocycles. The van der Waals surface area contributed by atoms with Gasteiger partial charge in [0.25, 0.3) is 0 Å². The van der Waals surface area contributed by atoms with Gasteiger partial charge in [-0.1, -0.05) is 26.0 Å². The molecular formula is C17H30N2O. The van der Waals surface area contributed by atoms with Crippen molar-refractivity contribution in [2.24, 2.45) is 11.7 Å². The Bertz CT molecular complexity index is 379. The molecule has 1 unspecified atom stereocenters. The zero-order valence-corrected chi connectivity index (χ0v) is 13.4. The highest BCUT2D eigenvalue weighted by atomic mass is 16.5. The minimum Gasteiger partial charge on any atom is -0.494 e. The predicted octanol–water partition coefficient (Wildman–Crippen LogP) is 3.28. The summed E-state index contributed by atoms with van der Waals surface area (Å²) >= 11 is 0. The summed E-state index contributed by atoms with van der Waals surface area (Å²) in [5, 5.41) is 0. The third-order valence-electron chi connectivity index (χ3n) is 3.62. The van der Waals surface area contributed by atoms with Gasteiger partial charge < -0.3 is 15.4 Å². The molecule has 0 bridgehead atoms. The van der Waals surface area contributed by atoms with Crippen molar-refractivity contribution in [3.05, 3.63) is 29.8 Å². The molecular weight excluding hydrogens is 248 g/mol. The molecule has 0 aliphatic rings. The minimum absolute atomic E-state index is 0.562. The van der Waals surface area contributed by atoms with Crippen LogP contribution in [0.3, 0.4) is 0 Å². The summed E-state index contributed by atoms with van der Waals surface area (Å²) in [6.45, 7) is 9.24. The number of ether oxygens (including phenoxy) is 1. The summed E-state index contributed by atoms with van der Waals surface area (Å²) in [4.78, 5) is 2.42. The molecule has 0 radical (unpaired) electrons. The second-order valence-corrected chi connectivity index (χ2v) is 6.01. The number of rotatable bonds is 9. The molecule has 2 N–H and O–H groups in total. The molecule has 0 aliphatic carbocycles. The van der Waals surface area contributed by atoms with Crippen molar-refractivity contribution >= 4 is 0 Å². The van der Waals surface area contributed by atoms with Crippen molar-refractivity contribution < 1.29 is 4.74 Å². The summed E-state index contributed by atoms with van der Waals surface area (Å²) in [6, 6.07) is 8.66. The van der Waals surface area contributed by atoms with Gasteiger partial charge >= 0.3 is 0 Å². The Morgan fingerprint density at radius 2 is 2.00 bits per heavy atom. The first-order valence-corrected chi connectivity index (χ1v) is 7.65. The zero-order chi connectivity index (χ0) is 15.0. The Kier molecular flexibility index (Phi) is 7.63. The summed E-state index contributed by atoms with van der Waals surface area (Å²) in [6.07, 6.45) is 2.29. The quantitative estimate of drug-likeness (QED) is 0.705. The van der Waals surface area contributed by atoms with Gasteiger partial charge in [-0.15, -0.1) is 0 Å². The zero-order valence-electron chi connectivity index (χ0n) is 13.4. The molecule has 3 heteroatoms. The van der Waals surface area contributed by atoms with Gasteiger partial charge in [0.15, 0.2) is 0 Å². The van der Waals surface area contributed by atoms with E-state index in [1.807, 2.05) is 24.3 Å². The lowest BCUT2D eigenvalue weighted by Crippen LogP contribution is -2.31. The fourth-order valence-electron chi connectivity index (χ4n) is 2.35. The van der Waals surface area contributed by atoms with Crippen LogP contribution in [0.5, 0.6) is 5.75 Å². The molecule has 0 amide bonds. The van der Waals surface area contributed by atoms with Crippen LogP contribution < -0.4 is 10.5 Å². The number of hydrogen-bond donors (Lipinski definition) is 1. The lowest BCUT2D eigenvalue weighted by Gasteiger charge is -2.26. The van der Waals surface area contributed by atoms with Crippen LogP contribution in [0.15, 0.2) is 24.3 Å². The maximum Gasteiger partial charge on any atom is 0.119 e. The lowest BCUT2D eigenvalue weighted by molar-refractivity contribution is 0.205. The van der Waals surface area contributed by atoms with Crippen molar-refractivity contribution in [2.75, 3.05) is 20.2 Å². The first-order chi connectivity index (χ1) is 9.52. The molecule has 0 heterocycles. The highest BCUT2D eigenvalue weighted by molar-refractivity contribution is 5.28.